The second kappa shape index (κ2) is 14.6. The van der Waals surface area contributed by atoms with Gasteiger partial charge >= 0.3 is 0 Å². The summed E-state index contributed by atoms with van der Waals surface area (Å²) < 4.78 is 33.3. The van der Waals surface area contributed by atoms with E-state index < -0.39 is 35.9 Å². The van der Waals surface area contributed by atoms with E-state index in [2.05, 4.69) is 26.3 Å². The molecule has 51 heavy (non-hydrogen) atoms. The zero-order valence-corrected chi connectivity index (χ0v) is 28.5. The van der Waals surface area contributed by atoms with Gasteiger partial charge in [0.05, 0.1) is 12.9 Å². The molecule has 1 amide bonds. The maximum absolute atomic E-state index is 13.0. The van der Waals surface area contributed by atoms with Crippen molar-refractivity contribution in [2.45, 2.75) is 42.3 Å². The second-order valence-electron chi connectivity index (χ2n) is 12.2. The highest BCUT2D eigenvalue weighted by molar-refractivity contribution is 6.06. The summed E-state index contributed by atoms with van der Waals surface area (Å²) in [6.45, 7) is -0.355. The molecule has 0 bridgehead atoms. The molecular weight excluding hydrogens is 650 g/mol. The Morgan fingerprint density at radius 2 is 1.57 bits per heavy atom. The number of anilines is 1. The summed E-state index contributed by atoms with van der Waals surface area (Å²) in [6, 6.07) is 28.7. The molecule has 3 heterocycles. The Morgan fingerprint density at radius 3 is 2.14 bits per heavy atom. The molecule has 1 saturated heterocycles. The molecule has 1 aliphatic carbocycles. The van der Waals surface area contributed by atoms with Gasteiger partial charge in [-0.25, -0.2) is 15.0 Å². The smallest absolute Gasteiger partial charge is 0.256 e. The van der Waals surface area contributed by atoms with E-state index in [1.165, 1.54) is 6.33 Å². The largest absolute Gasteiger partial charge is 0.394 e. The van der Waals surface area contributed by atoms with Gasteiger partial charge in [0.1, 0.15) is 30.2 Å². The quantitative estimate of drug-likeness (QED) is 0.168. The summed E-state index contributed by atoms with van der Waals surface area (Å²) in [6.07, 6.45) is 6.10. The van der Waals surface area contributed by atoms with Gasteiger partial charge in [-0.15, -0.1) is 0 Å². The molecule has 4 atom stereocenters. The first-order valence-electron chi connectivity index (χ1n) is 16.6. The first kappa shape index (κ1) is 34.4. The van der Waals surface area contributed by atoms with Gasteiger partial charge < -0.3 is 34.1 Å². The summed E-state index contributed by atoms with van der Waals surface area (Å²) in [5, 5.41) is 13.6. The molecule has 0 unspecified atom stereocenters. The summed E-state index contributed by atoms with van der Waals surface area (Å²) in [4.78, 5) is 26.4. The summed E-state index contributed by atoms with van der Waals surface area (Å²) in [5.41, 5.74) is 2.65. The monoisotopic (exact) mass is 689 g/mol. The number of benzene rings is 3. The number of aliphatic hydroxyl groups excluding tert-OH is 1. The fraction of sp³-hybridized carbons (Fsp3) is 0.282. The number of hydrogen-bond donors (Lipinski definition) is 2. The molecular formula is C39H39N5O7. The molecule has 0 radical (unpaired) electrons. The highest BCUT2D eigenvalue weighted by atomic mass is 16.7. The zero-order valence-electron chi connectivity index (χ0n) is 28.5. The Hall–Kier alpha value is -5.08. The van der Waals surface area contributed by atoms with Crippen LogP contribution in [-0.2, 0) is 29.3 Å². The zero-order chi connectivity index (χ0) is 35.4. The Bertz CT molecular complexity index is 1980. The lowest BCUT2D eigenvalue weighted by Gasteiger charge is -2.42. The molecule has 2 aromatic heterocycles. The second-order valence-corrected chi connectivity index (χ2v) is 12.2. The number of aliphatic hydroxyl groups is 1. The Balaban J connectivity index is 1.29. The van der Waals surface area contributed by atoms with Crippen LogP contribution in [0.4, 0.5) is 5.82 Å². The van der Waals surface area contributed by atoms with Gasteiger partial charge in [-0.2, -0.15) is 0 Å². The SMILES string of the molecule is CO[C@@H]1[C@H](OC(C2=CCC(OC)(OC)C=C2)(c2ccccc2)c2ccccc2)[C@@H](CO)O[C@H]1n1cnc2c(NC(=O)c3ccccc3)ncnc21. The number of carbonyl (C=O) groups excluding carboxylic acids is 1. The number of hydrogen-bond acceptors (Lipinski definition) is 10. The van der Waals surface area contributed by atoms with Crippen LogP contribution in [0, 0.1) is 0 Å². The number of amides is 1. The first-order valence-corrected chi connectivity index (χ1v) is 16.6. The van der Waals surface area contributed by atoms with Crippen LogP contribution >= 0.6 is 0 Å². The van der Waals surface area contributed by atoms with Crippen molar-refractivity contribution < 1.29 is 33.6 Å². The lowest BCUT2D eigenvalue weighted by Crippen LogP contribution is -2.46. The van der Waals surface area contributed by atoms with Crippen molar-refractivity contribution in [3.63, 3.8) is 0 Å². The number of aromatic nitrogens is 4. The molecule has 12 nitrogen and oxygen atoms in total. The van der Waals surface area contributed by atoms with Crippen molar-refractivity contribution in [2.24, 2.45) is 0 Å². The maximum atomic E-state index is 13.0. The number of nitrogens with one attached hydrogen (secondary N) is 1. The van der Waals surface area contributed by atoms with Gasteiger partial charge in [0.15, 0.2) is 29.0 Å². The van der Waals surface area contributed by atoms with E-state index >= 15 is 0 Å². The number of rotatable bonds is 12. The minimum atomic E-state index is -1.17. The van der Waals surface area contributed by atoms with Crippen molar-refractivity contribution in [3.05, 3.63) is 144 Å². The number of carbonyl (C=O) groups is 1. The first-order chi connectivity index (χ1) is 25.0. The lowest BCUT2D eigenvalue weighted by molar-refractivity contribution is -0.169. The van der Waals surface area contributed by atoms with Crippen LogP contribution in [0.2, 0.25) is 0 Å². The standard InChI is InChI=1S/C39H39N5O7/c1-47-33-32(30(23-45)50-37(33)44-25-42-31-34(40-24-41-35(31)44)43-36(46)26-13-7-4-8-14-26)51-39(27-15-9-5-10-16-27,28-17-11-6-12-18-28)29-19-21-38(48-2,49-3)22-20-29/h4-21,24-25,30,32-33,37,45H,22-23H2,1-3H3,(H,40,41,43,46)/t30-,32-,33-,37-/m1/s1. The number of methoxy groups -OCH3 is 3. The van der Waals surface area contributed by atoms with E-state index in [-0.39, 0.29) is 18.3 Å². The Morgan fingerprint density at radius 1 is 0.922 bits per heavy atom. The molecule has 7 rings (SSSR count). The number of imidazole rings is 1. The number of ether oxygens (including phenoxy) is 5. The van der Waals surface area contributed by atoms with Crippen LogP contribution in [0.5, 0.6) is 0 Å². The van der Waals surface area contributed by atoms with Crippen molar-refractivity contribution in [1.29, 1.82) is 0 Å². The van der Waals surface area contributed by atoms with Crippen molar-refractivity contribution >= 4 is 22.9 Å². The molecule has 1 aliphatic heterocycles. The van der Waals surface area contributed by atoms with Crippen molar-refractivity contribution in [1.82, 2.24) is 19.5 Å². The summed E-state index contributed by atoms with van der Waals surface area (Å²) in [7, 11) is 4.80. The molecule has 2 aliphatic rings. The van der Waals surface area contributed by atoms with E-state index in [4.69, 9.17) is 23.7 Å². The predicted molar refractivity (Wildman–Crippen MR) is 189 cm³/mol. The van der Waals surface area contributed by atoms with E-state index in [0.717, 1.165) is 16.7 Å². The van der Waals surface area contributed by atoms with E-state index in [9.17, 15) is 9.90 Å². The van der Waals surface area contributed by atoms with Crippen LogP contribution in [-0.4, -0.2) is 82.6 Å². The fourth-order valence-corrected chi connectivity index (χ4v) is 6.88. The maximum Gasteiger partial charge on any atom is 0.256 e. The van der Waals surface area contributed by atoms with Gasteiger partial charge in [-0.05, 0) is 34.9 Å². The molecule has 5 aromatic rings. The molecule has 3 aromatic carbocycles. The normalized spacial score (nSPS) is 21.5. The van der Waals surface area contributed by atoms with Crippen molar-refractivity contribution in [3.8, 4) is 0 Å². The molecule has 12 heteroatoms. The average Bonchev–Trinajstić information content (AvgIpc) is 3.79. The van der Waals surface area contributed by atoms with Crippen LogP contribution in [0.1, 0.15) is 34.1 Å². The highest BCUT2D eigenvalue weighted by Crippen LogP contribution is 2.48. The van der Waals surface area contributed by atoms with Gasteiger partial charge in [-0.1, -0.05) is 91.0 Å². The summed E-state index contributed by atoms with van der Waals surface area (Å²) >= 11 is 0. The van der Waals surface area contributed by atoms with Crippen LogP contribution in [0.15, 0.2) is 127 Å². The molecule has 0 spiro atoms. The van der Waals surface area contributed by atoms with Crippen LogP contribution in [0.25, 0.3) is 11.2 Å². The third kappa shape index (κ3) is 6.27. The number of nitrogens with zero attached hydrogens (tertiary/aromatic N) is 4. The van der Waals surface area contributed by atoms with Gasteiger partial charge in [-0.3, -0.25) is 9.36 Å². The Kier molecular flexibility index (Phi) is 9.87. The molecule has 1 fully saturated rings. The van der Waals surface area contributed by atoms with Gasteiger partial charge in [0.25, 0.3) is 5.91 Å². The average molecular weight is 690 g/mol. The third-order valence-electron chi connectivity index (χ3n) is 9.53. The summed E-state index contributed by atoms with van der Waals surface area (Å²) in [5.74, 6) is -1.00. The van der Waals surface area contributed by atoms with Crippen molar-refractivity contribution in [2.75, 3.05) is 33.3 Å². The Labute approximate surface area is 295 Å². The van der Waals surface area contributed by atoms with E-state index in [1.54, 1.807) is 56.5 Å². The minimum absolute atomic E-state index is 0.248. The lowest BCUT2D eigenvalue weighted by atomic mass is 9.77. The molecule has 0 saturated carbocycles. The third-order valence-corrected chi connectivity index (χ3v) is 9.53. The fourth-order valence-electron chi connectivity index (χ4n) is 6.88. The van der Waals surface area contributed by atoms with Crippen LogP contribution < -0.4 is 5.32 Å². The van der Waals surface area contributed by atoms with Crippen LogP contribution in [0.3, 0.4) is 0 Å². The molecule has 262 valence electrons. The minimum Gasteiger partial charge on any atom is -0.394 e. The van der Waals surface area contributed by atoms with Gasteiger partial charge in [0, 0.05) is 33.3 Å². The highest BCUT2D eigenvalue weighted by Gasteiger charge is 2.53. The topological polar surface area (TPSA) is 139 Å². The van der Waals surface area contributed by atoms with E-state index in [1.807, 2.05) is 78.9 Å². The molecule has 2 N–H and O–H groups in total. The number of fused-ring (bicyclic) bond motifs is 1. The van der Waals surface area contributed by atoms with E-state index in [0.29, 0.717) is 23.1 Å². The van der Waals surface area contributed by atoms with Gasteiger partial charge in [0.2, 0.25) is 0 Å². The predicted octanol–water partition coefficient (Wildman–Crippen LogP) is 5.19.